The summed E-state index contributed by atoms with van der Waals surface area (Å²) in [5.41, 5.74) is 1.54. The Labute approximate surface area is 173 Å². The molecule has 3 aromatic rings. The van der Waals surface area contributed by atoms with Crippen molar-refractivity contribution in [1.82, 2.24) is 20.8 Å². The number of nitrogens with zero attached hydrogens (tertiary/aromatic N) is 2. The van der Waals surface area contributed by atoms with Crippen LogP contribution in [0.15, 0.2) is 53.3 Å². The van der Waals surface area contributed by atoms with Crippen LogP contribution in [-0.4, -0.2) is 42.2 Å². The molecular formula is C21H22N4O5. The number of hydrogen-bond acceptors (Lipinski definition) is 7. The number of nitrogens with one attached hydrogen (secondary N) is 2. The van der Waals surface area contributed by atoms with Gasteiger partial charge in [0.25, 0.3) is 5.91 Å². The SMILES string of the molecule is COc1ccc(OC)c(-c2cc(C(=O)N[C@H](C)C(=O)NCc3ccncc3)no2)c1. The highest BCUT2D eigenvalue weighted by molar-refractivity contribution is 5.96. The van der Waals surface area contributed by atoms with Crippen molar-refractivity contribution in [2.45, 2.75) is 19.5 Å². The van der Waals surface area contributed by atoms with Crippen molar-refractivity contribution in [3.63, 3.8) is 0 Å². The van der Waals surface area contributed by atoms with Crippen LogP contribution >= 0.6 is 0 Å². The lowest BCUT2D eigenvalue weighted by atomic mass is 10.1. The third kappa shape index (κ3) is 4.93. The van der Waals surface area contributed by atoms with E-state index in [1.807, 2.05) is 0 Å². The summed E-state index contributed by atoms with van der Waals surface area (Å²) in [7, 11) is 3.08. The van der Waals surface area contributed by atoms with E-state index in [0.717, 1.165) is 5.56 Å². The molecule has 9 heteroatoms. The van der Waals surface area contributed by atoms with Gasteiger partial charge in [-0.25, -0.2) is 0 Å². The first kappa shape index (κ1) is 20.8. The van der Waals surface area contributed by atoms with Gasteiger partial charge in [-0.05, 0) is 42.8 Å². The van der Waals surface area contributed by atoms with E-state index >= 15 is 0 Å². The highest BCUT2D eigenvalue weighted by Crippen LogP contribution is 2.33. The minimum absolute atomic E-state index is 0.0451. The number of amides is 2. The molecule has 2 amide bonds. The molecule has 0 unspecified atom stereocenters. The largest absolute Gasteiger partial charge is 0.497 e. The van der Waals surface area contributed by atoms with Crippen molar-refractivity contribution < 1.29 is 23.6 Å². The Morgan fingerprint density at radius 3 is 2.57 bits per heavy atom. The van der Waals surface area contributed by atoms with Gasteiger partial charge in [-0.2, -0.15) is 0 Å². The molecule has 0 fully saturated rings. The van der Waals surface area contributed by atoms with E-state index in [1.54, 1.807) is 56.8 Å². The smallest absolute Gasteiger partial charge is 0.274 e. The molecule has 0 saturated carbocycles. The van der Waals surface area contributed by atoms with E-state index in [2.05, 4.69) is 20.8 Å². The molecule has 30 heavy (non-hydrogen) atoms. The molecule has 2 N–H and O–H groups in total. The molecule has 9 nitrogen and oxygen atoms in total. The van der Waals surface area contributed by atoms with Crippen LogP contribution in [-0.2, 0) is 11.3 Å². The Bertz CT molecular complexity index is 1020. The van der Waals surface area contributed by atoms with Gasteiger partial charge in [-0.15, -0.1) is 0 Å². The van der Waals surface area contributed by atoms with Crippen molar-refractivity contribution in [2.75, 3.05) is 14.2 Å². The third-order valence-corrected chi connectivity index (χ3v) is 4.37. The summed E-state index contributed by atoms with van der Waals surface area (Å²) in [6.07, 6.45) is 3.29. The van der Waals surface area contributed by atoms with E-state index in [1.165, 1.54) is 13.2 Å². The van der Waals surface area contributed by atoms with Crippen molar-refractivity contribution >= 4 is 11.8 Å². The zero-order valence-corrected chi connectivity index (χ0v) is 16.8. The van der Waals surface area contributed by atoms with Gasteiger partial charge in [-0.3, -0.25) is 14.6 Å². The fourth-order valence-corrected chi connectivity index (χ4v) is 2.69. The van der Waals surface area contributed by atoms with Gasteiger partial charge in [0.2, 0.25) is 5.91 Å². The van der Waals surface area contributed by atoms with Crippen molar-refractivity contribution in [3.8, 4) is 22.8 Å². The average molecular weight is 410 g/mol. The third-order valence-electron chi connectivity index (χ3n) is 4.37. The first-order valence-electron chi connectivity index (χ1n) is 9.18. The highest BCUT2D eigenvalue weighted by Gasteiger charge is 2.21. The lowest BCUT2D eigenvalue weighted by Gasteiger charge is -2.13. The highest BCUT2D eigenvalue weighted by atomic mass is 16.5. The van der Waals surface area contributed by atoms with Crippen molar-refractivity contribution in [3.05, 3.63) is 60.0 Å². The number of pyridine rings is 1. The maximum Gasteiger partial charge on any atom is 0.274 e. The van der Waals surface area contributed by atoms with Gasteiger partial charge >= 0.3 is 0 Å². The van der Waals surface area contributed by atoms with Gasteiger partial charge in [0.1, 0.15) is 17.5 Å². The summed E-state index contributed by atoms with van der Waals surface area (Å²) in [6, 6.07) is 9.51. The molecule has 1 atom stereocenters. The van der Waals surface area contributed by atoms with Gasteiger partial charge in [-0.1, -0.05) is 5.16 Å². The molecule has 1 aromatic carbocycles. The zero-order valence-electron chi connectivity index (χ0n) is 16.8. The van der Waals surface area contributed by atoms with Crippen LogP contribution in [0.4, 0.5) is 0 Å². The standard InChI is InChI=1S/C21H22N4O5/c1-13(20(26)23-12-14-6-8-22-9-7-14)24-21(27)17-11-19(30-25-17)16-10-15(28-2)4-5-18(16)29-3/h4-11,13H,12H2,1-3H3,(H,23,26)(H,24,27)/t13-/m1/s1. The first-order valence-corrected chi connectivity index (χ1v) is 9.18. The molecule has 0 aliphatic carbocycles. The van der Waals surface area contributed by atoms with Gasteiger partial charge < -0.3 is 24.6 Å². The fourth-order valence-electron chi connectivity index (χ4n) is 2.69. The fraction of sp³-hybridized carbons (Fsp3) is 0.238. The Balaban J connectivity index is 1.64. The summed E-state index contributed by atoms with van der Waals surface area (Å²) < 4.78 is 15.9. The van der Waals surface area contributed by atoms with E-state index in [4.69, 9.17) is 14.0 Å². The molecule has 0 radical (unpaired) electrons. The number of hydrogen-bond donors (Lipinski definition) is 2. The first-order chi connectivity index (χ1) is 14.5. The summed E-state index contributed by atoms with van der Waals surface area (Å²) in [5, 5.41) is 9.17. The predicted molar refractivity (Wildman–Crippen MR) is 108 cm³/mol. The monoisotopic (exact) mass is 410 g/mol. The second-order valence-corrected chi connectivity index (χ2v) is 6.41. The molecule has 0 spiro atoms. The molecule has 0 aliphatic heterocycles. The second kappa shape index (κ2) is 9.55. The number of methoxy groups -OCH3 is 2. The van der Waals surface area contributed by atoms with Crippen LogP contribution in [0.25, 0.3) is 11.3 Å². The molecule has 2 heterocycles. The molecule has 2 aromatic heterocycles. The van der Waals surface area contributed by atoms with Crippen LogP contribution in [0.1, 0.15) is 23.0 Å². The van der Waals surface area contributed by atoms with Gasteiger partial charge in [0.05, 0.1) is 19.8 Å². The quantitative estimate of drug-likeness (QED) is 0.585. The second-order valence-electron chi connectivity index (χ2n) is 6.41. The normalized spacial score (nSPS) is 11.4. The Hall–Kier alpha value is -3.88. The van der Waals surface area contributed by atoms with Crippen LogP contribution < -0.4 is 20.1 Å². The van der Waals surface area contributed by atoms with Crippen LogP contribution in [0, 0.1) is 0 Å². The predicted octanol–water partition coefficient (Wildman–Crippen LogP) is 2.19. The van der Waals surface area contributed by atoms with E-state index < -0.39 is 11.9 Å². The number of carbonyl (C=O) groups excluding carboxylic acids is 2. The maximum absolute atomic E-state index is 12.5. The van der Waals surface area contributed by atoms with Crippen LogP contribution in [0.5, 0.6) is 11.5 Å². The summed E-state index contributed by atoms with van der Waals surface area (Å²) in [4.78, 5) is 28.7. The number of aromatic nitrogens is 2. The maximum atomic E-state index is 12.5. The molecule has 0 aliphatic rings. The molecular weight excluding hydrogens is 388 g/mol. The van der Waals surface area contributed by atoms with Crippen molar-refractivity contribution in [2.24, 2.45) is 0 Å². The molecule has 0 bridgehead atoms. The van der Waals surface area contributed by atoms with E-state index in [9.17, 15) is 9.59 Å². The molecule has 3 rings (SSSR count). The number of rotatable bonds is 8. The number of carbonyl (C=O) groups is 2. The minimum Gasteiger partial charge on any atom is -0.497 e. The van der Waals surface area contributed by atoms with E-state index in [-0.39, 0.29) is 11.6 Å². The topological polar surface area (TPSA) is 116 Å². The Kier molecular flexibility index (Phi) is 6.63. The van der Waals surface area contributed by atoms with Gasteiger partial charge in [0.15, 0.2) is 11.5 Å². The summed E-state index contributed by atoms with van der Waals surface area (Å²) in [6.45, 7) is 1.93. The summed E-state index contributed by atoms with van der Waals surface area (Å²) in [5.74, 6) is 0.637. The number of benzene rings is 1. The molecule has 0 saturated heterocycles. The van der Waals surface area contributed by atoms with E-state index in [0.29, 0.717) is 29.4 Å². The summed E-state index contributed by atoms with van der Waals surface area (Å²) >= 11 is 0. The lowest BCUT2D eigenvalue weighted by molar-refractivity contribution is -0.122. The van der Waals surface area contributed by atoms with Crippen LogP contribution in [0.3, 0.4) is 0 Å². The zero-order chi connectivity index (χ0) is 21.5. The molecule has 156 valence electrons. The lowest BCUT2D eigenvalue weighted by Crippen LogP contribution is -2.44. The van der Waals surface area contributed by atoms with Crippen molar-refractivity contribution in [1.29, 1.82) is 0 Å². The number of ether oxygens (including phenoxy) is 2. The van der Waals surface area contributed by atoms with Crippen LogP contribution in [0.2, 0.25) is 0 Å². The van der Waals surface area contributed by atoms with Gasteiger partial charge in [0, 0.05) is 25.0 Å². The minimum atomic E-state index is -0.758. The Morgan fingerprint density at radius 1 is 1.10 bits per heavy atom. The Morgan fingerprint density at radius 2 is 1.87 bits per heavy atom. The average Bonchev–Trinajstić information content (AvgIpc) is 3.28.